The number of rotatable bonds is 2. The SMILES string of the molecule is C#CC(=N)NC(=O)c1ccc2c(c1)C(c1ccc(Cl)cc1Cl)=C=CC=C2. The Hall–Kier alpha value is -3.02. The Kier molecular flexibility index (Phi) is 5.11. The standard InChI is InChI=1S/C21H12Cl2N2O/c1-2-20(24)25-21(26)14-8-7-13-5-3-4-6-16(18(13)11-14)17-10-9-15(22)12-19(17)23/h1,3-5,7-12H,(H2,24,25,26). The lowest BCUT2D eigenvalue weighted by Gasteiger charge is -2.13. The number of fused-ring (bicyclic) bond motifs is 1. The fraction of sp³-hybridized carbons (Fsp3) is 0. The molecule has 0 bridgehead atoms. The molecule has 0 heterocycles. The Bertz CT molecular complexity index is 1070. The van der Waals surface area contributed by atoms with Gasteiger partial charge in [0.2, 0.25) is 0 Å². The number of carbonyl (C=O) groups excluding carboxylic acids is 1. The summed E-state index contributed by atoms with van der Waals surface area (Å²) in [6.45, 7) is 0. The summed E-state index contributed by atoms with van der Waals surface area (Å²) in [5.74, 6) is 1.33. The maximum atomic E-state index is 12.3. The van der Waals surface area contributed by atoms with Crippen LogP contribution in [0.15, 0.2) is 54.3 Å². The van der Waals surface area contributed by atoms with Gasteiger partial charge >= 0.3 is 0 Å². The number of amides is 1. The third-order valence-corrected chi connectivity index (χ3v) is 4.32. The van der Waals surface area contributed by atoms with E-state index in [0.29, 0.717) is 15.6 Å². The van der Waals surface area contributed by atoms with Crippen LogP contribution in [0.25, 0.3) is 11.6 Å². The van der Waals surface area contributed by atoms with Crippen molar-refractivity contribution in [2.75, 3.05) is 0 Å². The molecule has 26 heavy (non-hydrogen) atoms. The van der Waals surface area contributed by atoms with E-state index >= 15 is 0 Å². The first-order valence-corrected chi connectivity index (χ1v) is 8.35. The summed E-state index contributed by atoms with van der Waals surface area (Å²) in [4.78, 5) is 12.3. The van der Waals surface area contributed by atoms with E-state index in [2.05, 4.69) is 17.0 Å². The zero-order valence-electron chi connectivity index (χ0n) is 13.4. The molecule has 126 valence electrons. The van der Waals surface area contributed by atoms with Gasteiger partial charge in [0.15, 0.2) is 5.84 Å². The summed E-state index contributed by atoms with van der Waals surface area (Å²) in [5.41, 5.74) is 6.78. The second-order valence-corrected chi connectivity index (χ2v) is 6.29. The molecule has 1 aliphatic carbocycles. The van der Waals surface area contributed by atoms with Crippen LogP contribution in [0.3, 0.4) is 0 Å². The number of halogens is 2. The number of benzene rings is 2. The Balaban J connectivity index is 2.11. The first-order valence-electron chi connectivity index (χ1n) is 7.59. The topological polar surface area (TPSA) is 53.0 Å². The minimum Gasteiger partial charge on any atom is -0.300 e. The average Bonchev–Trinajstić information content (AvgIpc) is 2.83. The van der Waals surface area contributed by atoms with Crippen molar-refractivity contribution < 1.29 is 4.79 Å². The van der Waals surface area contributed by atoms with Crippen molar-refractivity contribution in [3.8, 4) is 12.3 Å². The Morgan fingerprint density at radius 2 is 1.96 bits per heavy atom. The van der Waals surface area contributed by atoms with Gasteiger partial charge in [-0.2, -0.15) is 0 Å². The molecule has 5 heteroatoms. The Morgan fingerprint density at radius 3 is 2.69 bits per heavy atom. The molecule has 0 unspecified atom stereocenters. The molecule has 2 aromatic carbocycles. The summed E-state index contributed by atoms with van der Waals surface area (Å²) in [7, 11) is 0. The van der Waals surface area contributed by atoms with E-state index in [-0.39, 0.29) is 5.84 Å². The molecule has 2 aromatic rings. The number of amidine groups is 1. The predicted molar refractivity (Wildman–Crippen MR) is 107 cm³/mol. The van der Waals surface area contributed by atoms with Gasteiger partial charge in [-0.1, -0.05) is 47.5 Å². The molecule has 0 aromatic heterocycles. The molecule has 3 nitrogen and oxygen atoms in total. The van der Waals surface area contributed by atoms with Crippen molar-refractivity contribution in [1.82, 2.24) is 5.32 Å². The molecular weight excluding hydrogens is 367 g/mol. The molecule has 3 rings (SSSR count). The van der Waals surface area contributed by atoms with E-state index in [1.54, 1.807) is 30.3 Å². The second-order valence-electron chi connectivity index (χ2n) is 5.44. The van der Waals surface area contributed by atoms with Crippen LogP contribution in [0, 0.1) is 17.8 Å². The largest absolute Gasteiger partial charge is 0.300 e. The van der Waals surface area contributed by atoms with Crippen molar-refractivity contribution in [1.29, 1.82) is 5.41 Å². The maximum absolute atomic E-state index is 12.3. The van der Waals surface area contributed by atoms with Crippen molar-refractivity contribution in [2.24, 2.45) is 0 Å². The molecule has 0 atom stereocenters. The van der Waals surface area contributed by atoms with Crippen LogP contribution in [0.1, 0.15) is 27.0 Å². The van der Waals surface area contributed by atoms with Crippen LogP contribution in [0.5, 0.6) is 0 Å². The van der Waals surface area contributed by atoms with Crippen molar-refractivity contribution in [3.63, 3.8) is 0 Å². The van der Waals surface area contributed by atoms with Crippen molar-refractivity contribution in [3.05, 3.63) is 86.6 Å². The number of allylic oxidation sites excluding steroid dienone is 2. The molecule has 0 fully saturated rings. The zero-order valence-corrected chi connectivity index (χ0v) is 14.9. The van der Waals surface area contributed by atoms with Crippen LogP contribution >= 0.6 is 23.2 Å². The Labute approximate surface area is 161 Å². The van der Waals surface area contributed by atoms with E-state index in [1.807, 2.05) is 24.3 Å². The first kappa shape index (κ1) is 17.8. The van der Waals surface area contributed by atoms with Gasteiger partial charge in [0.1, 0.15) is 0 Å². The fourth-order valence-electron chi connectivity index (χ4n) is 2.56. The highest BCUT2D eigenvalue weighted by atomic mass is 35.5. The molecule has 0 aliphatic heterocycles. The second kappa shape index (κ2) is 7.47. The van der Waals surface area contributed by atoms with Crippen LogP contribution < -0.4 is 5.32 Å². The smallest absolute Gasteiger partial charge is 0.257 e. The predicted octanol–water partition coefficient (Wildman–Crippen LogP) is 4.95. The molecule has 1 amide bonds. The average molecular weight is 379 g/mol. The third-order valence-electron chi connectivity index (χ3n) is 3.77. The quantitative estimate of drug-likeness (QED) is 0.330. The van der Waals surface area contributed by atoms with Crippen LogP contribution in [-0.2, 0) is 0 Å². The highest BCUT2D eigenvalue weighted by Crippen LogP contribution is 2.34. The van der Waals surface area contributed by atoms with Gasteiger partial charge in [0.05, 0.1) is 5.02 Å². The highest BCUT2D eigenvalue weighted by molar-refractivity contribution is 6.36. The van der Waals surface area contributed by atoms with Crippen LogP contribution in [0.4, 0.5) is 0 Å². The Morgan fingerprint density at radius 1 is 1.15 bits per heavy atom. The van der Waals surface area contributed by atoms with E-state index in [0.717, 1.165) is 22.3 Å². The minimum absolute atomic E-state index is 0.291. The monoisotopic (exact) mass is 378 g/mol. The summed E-state index contributed by atoms with van der Waals surface area (Å²) in [5, 5.41) is 10.8. The first-order chi connectivity index (χ1) is 12.5. The summed E-state index contributed by atoms with van der Waals surface area (Å²) in [6.07, 6.45) is 10.7. The fourth-order valence-corrected chi connectivity index (χ4v) is 3.06. The number of terminal acetylenes is 1. The molecule has 1 aliphatic rings. The molecule has 0 radical (unpaired) electrons. The summed E-state index contributed by atoms with van der Waals surface area (Å²) < 4.78 is 0. The number of hydrogen-bond donors (Lipinski definition) is 2. The normalized spacial score (nSPS) is 11.8. The lowest BCUT2D eigenvalue weighted by atomic mass is 9.93. The van der Waals surface area contributed by atoms with Crippen LogP contribution in [0.2, 0.25) is 10.0 Å². The lowest BCUT2D eigenvalue weighted by Crippen LogP contribution is -2.28. The van der Waals surface area contributed by atoms with Gasteiger partial charge in [-0.25, -0.2) is 0 Å². The molecule has 0 saturated carbocycles. The van der Waals surface area contributed by atoms with Gasteiger partial charge < -0.3 is 0 Å². The van der Waals surface area contributed by atoms with E-state index in [9.17, 15) is 4.79 Å². The van der Waals surface area contributed by atoms with E-state index in [4.69, 9.17) is 35.0 Å². The van der Waals surface area contributed by atoms with Gasteiger partial charge in [0, 0.05) is 21.7 Å². The molecule has 2 N–H and O–H groups in total. The summed E-state index contributed by atoms with van der Waals surface area (Å²) in [6, 6.07) is 10.5. The zero-order chi connectivity index (χ0) is 18.7. The summed E-state index contributed by atoms with van der Waals surface area (Å²) >= 11 is 12.4. The number of hydrogen-bond acceptors (Lipinski definition) is 2. The van der Waals surface area contributed by atoms with Gasteiger partial charge in [-0.05, 0) is 47.4 Å². The van der Waals surface area contributed by atoms with Gasteiger partial charge in [-0.15, -0.1) is 12.2 Å². The lowest BCUT2D eigenvalue weighted by molar-refractivity contribution is 0.0977. The van der Waals surface area contributed by atoms with E-state index in [1.165, 1.54) is 0 Å². The van der Waals surface area contributed by atoms with Crippen molar-refractivity contribution in [2.45, 2.75) is 0 Å². The molecule has 0 spiro atoms. The maximum Gasteiger partial charge on any atom is 0.257 e. The third kappa shape index (κ3) is 3.64. The van der Waals surface area contributed by atoms with Gasteiger partial charge in [0.25, 0.3) is 5.91 Å². The van der Waals surface area contributed by atoms with Crippen LogP contribution in [-0.4, -0.2) is 11.7 Å². The highest BCUT2D eigenvalue weighted by Gasteiger charge is 2.16. The molecule has 0 saturated heterocycles. The number of nitrogens with one attached hydrogen (secondary N) is 2. The van der Waals surface area contributed by atoms with Gasteiger partial charge in [-0.3, -0.25) is 15.5 Å². The number of carbonyl (C=O) groups is 1. The van der Waals surface area contributed by atoms with E-state index < -0.39 is 5.91 Å². The molecular formula is C21H12Cl2N2O. The van der Waals surface area contributed by atoms with Crippen molar-refractivity contribution >= 4 is 46.6 Å². The minimum atomic E-state index is -0.450.